The molecular weight excluding hydrogens is 349 g/mol. The quantitative estimate of drug-likeness (QED) is 0.834. The minimum atomic E-state index is -2.20. The molecule has 0 spiro atoms. The van der Waals surface area contributed by atoms with Gasteiger partial charge in [-0.1, -0.05) is 0 Å². The summed E-state index contributed by atoms with van der Waals surface area (Å²) in [6.45, 7) is 0. The van der Waals surface area contributed by atoms with Crippen LogP contribution in [0.15, 0.2) is 35.7 Å². The zero-order valence-electron chi connectivity index (χ0n) is 10.9. The Labute approximate surface area is 116 Å². The van der Waals surface area contributed by atoms with E-state index in [0.717, 1.165) is 5.56 Å². The SMILES string of the molecule is [CH3][Sn]([CH3])([CH3])[c]1cc(C(N)=O)cc(-c2cccs2)c1. The molecule has 0 saturated heterocycles. The molecule has 0 saturated carbocycles. The fraction of sp³-hybridized carbons (Fsp3) is 0.214. The number of carbonyl (C=O) groups is 1. The molecule has 1 aromatic carbocycles. The molecule has 2 nitrogen and oxygen atoms in total. The molecular formula is C14H17NOSSn. The third-order valence-electron chi connectivity index (χ3n) is 2.89. The van der Waals surface area contributed by atoms with Crippen LogP contribution in [0.5, 0.6) is 0 Å². The van der Waals surface area contributed by atoms with Gasteiger partial charge in [-0.15, -0.1) is 0 Å². The van der Waals surface area contributed by atoms with E-state index in [9.17, 15) is 4.79 Å². The van der Waals surface area contributed by atoms with E-state index in [1.54, 1.807) is 11.3 Å². The molecule has 0 aliphatic heterocycles. The first-order chi connectivity index (χ1) is 8.38. The summed E-state index contributed by atoms with van der Waals surface area (Å²) in [6, 6.07) is 10.2. The van der Waals surface area contributed by atoms with Crippen molar-refractivity contribution in [2.24, 2.45) is 5.73 Å². The number of thiophene rings is 1. The Morgan fingerprint density at radius 3 is 2.44 bits per heavy atom. The van der Waals surface area contributed by atoms with Gasteiger partial charge in [-0.2, -0.15) is 0 Å². The predicted octanol–water partition coefficient (Wildman–Crippen LogP) is 3.06. The Balaban J connectivity index is 2.61. The Kier molecular flexibility index (Phi) is 3.82. The van der Waals surface area contributed by atoms with Crippen LogP contribution in [0.3, 0.4) is 0 Å². The molecule has 94 valence electrons. The fourth-order valence-electron chi connectivity index (χ4n) is 1.79. The van der Waals surface area contributed by atoms with E-state index in [2.05, 4.69) is 27.0 Å². The monoisotopic (exact) mass is 367 g/mol. The second-order valence-electron chi connectivity index (χ2n) is 5.39. The number of benzene rings is 1. The van der Waals surface area contributed by atoms with Gasteiger partial charge in [0, 0.05) is 0 Å². The van der Waals surface area contributed by atoms with Crippen molar-refractivity contribution in [3.63, 3.8) is 0 Å². The van der Waals surface area contributed by atoms with Crippen molar-refractivity contribution in [3.05, 3.63) is 41.3 Å². The van der Waals surface area contributed by atoms with Crippen LogP contribution in [-0.4, -0.2) is 24.3 Å². The number of hydrogen-bond acceptors (Lipinski definition) is 2. The number of hydrogen-bond donors (Lipinski definition) is 1. The van der Waals surface area contributed by atoms with E-state index in [1.165, 1.54) is 8.46 Å². The standard InChI is InChI=1S/C11H8NOS.3CH3.Sn/c12-11(13)9-4-1-3-8(7-9)10-5-2-6-14-10;;;;/h2-7H,(H2,12,13);3*1H3;. The summed E-state index contributed by atoms with van der Waals surface area (Å²) in [4.78, 5) is 19.7. The van der Waals surface area contributed by atoms with Crippen LogP contribution in [0.2, 0.25) is 14.8 Å². The van der Waals surface area contributed by atoms with E-state index >= 15 is 0 Å². The molecule has 1 aromatic heterocycles. The summed E-state index contributed by atoms with van der Waals surface area (Å²) in [7, 11) is 0. The first kappa shape index (κ1) is 13.6. The van der Waals surface area contributed by atoms with Crippen molar-refractivity contribution in [1.82, 2.24) is 0 Å². The number of primary amides is 1. The number of amides is 1. The summed E-state index contributed by atoms with van der Waals surface area (Å²) in [5, 5.41) is 2.05. The van der Waals surface area contributed by atoms with Crippen LogP contribution >= 0.6 is 11.3 Å². The summed E-state index contributed by atoms with van der Waals surface area (Å²) in [5.74, 6) is -0.342. The zero-order valence-corrected chi connectivity index (χ0v) is 14.5. The van der Waals surface area contributed by atoms with Gasteiger partial charge in [0.1, 0.15) is 0 Å². The van der Waals surface area contributed by atoms with Crippen molar-refractivity contribution >= 4 is 39.2 Å². The zero-order chi connectivity index (χ0) is 13.3. The van der Waals surface area contributed by atoms with E-state index < -0.39 is 18.4 Å². The summed E-state index contributed by atoms with van der Waals surface area (Å²) in [5.41, 5.74) is 7.18. The molecule has 18 heavy (non-hydrogen) atoms. The minimum absolute atomic E-state index is 0.342. The van der Waals surface area contributed by atoms with E-state index in [4.69, 9.17) is 5.73 Å². The van der Waals surface area contributed by atoms with Gasteiger partial charge >= 0.3 is 116 Å². The number of nitrogens with two attached hydrogens (primary N) is 1. The molecule has 4 heteroatoms. The molecule has 1 amide bonds. The molecule has 0 atom stereocenters. The van der Waals surface area contributed by atoms with Crippen molar-refractivity contribution in [2.45, 2.75) is 14.8 Å². The van der Waals surface area contributed by atoms with Gasteiger partial charge in [-0.25, -0.2) is 0 Å². The third-order valence-corrected chi connectivity index (χ3v) is 9.58. The Hall–Kier alpha value is -0.811. The maximum absolute atomic E-state index is 11.5. The van der Waals surface area contributed by atoms with Crippen LogP contribution in [0, 0.1) is 0 Å². The molecule has 2 rings (SSSR count). The van der Waals surface area contributed by atoms with Gasteiger partial charge in [0.15, 0.2) is 0 Å². The normalized spacial score (nSPS) is 11.5. The van der Waals surface area contributed by atoms with E-state index in [0.29, 0.717) is 5.56 Å². The Bertz CT molecular complexity index is 570. The molecule has 1 heterocycles. The average molecular weight is 366 g/mol. The Morgan fingerprint density at radius 2 is 1.94 bits per heavy atom. The van der Waals surface area contributed by atoms with Gasteiger partial charge in [0.05, 0.1) is 0 Å². The van der Waals surface area contributed by atoms with Gasteiger partial charge in [0.2, 0.25) is 0 Å². The number of carbonyl (C=O) groups excluding carboxylic acids is 1. The van der Waals surface area contributed by atoms with Crippen molar-refractivity contribution in [2.75, 3.05) is 0 Å². The molecule has 0 bridgehead atoms. The van der Waals surface area contributed by atoms with Crippen molar-refractivity contribution < 1.29 is 4.79 Å². The van der Waals surface area contributed by atoms with E-state index in [-0.39, 0.29) is 5.91 Å². The van der Waals surface area contributed by atoms with Gasteiger partial charge in [0.25, 0.3) is 0 Å². The van der Waals surface area contributed by atoms with Crippen molar-refractivity contribution in [1.29, 1.82) is 0 Å². The molecule has 2 N–H and O–H groups in total. The van der Waals surface area contributed by atoms with Crippen molar-refractivity contribution in [3.8, 4) is 10.4 Å². The maximum atomic E-state index is 11.5. The number of rotatable bonds is 3. The average Bonchev–Trinajstić information content (AvgIpc) is 2.80. The van der Waals surface area contributed by atoms with Crippen LogP contribution in [0.1, 0.15) is 10.4 Å². The molecule has 0 fully saturated rings. The van der Waals surface area contributed by atoms with Crippen LogP contribution in [0.25, 0.3) is 10.4 Å². The summed E-state index contributed by atoms with van der Waals surface area (Å²) >= 11 is -0.516. The summed E-state index contributed by atoms with van der Waals surface area (Å²) in [6.07, 6.45) is 0. The van der Waals surface area contributed by atoms with Crippen LogP contribution < -0.4 is 9.31 Å². The second kappa shape index (κ2) is 5.05. The second-order valence-corrected chi connectivity index (χ2v) is 20.8. The van der Waals surface area contributed by atoms with Gasteiger partial charge in [-0.05, 0) is 0 Å². The van der Waals surface area contributed by atoms with Crippen LogP contribution in [-0.2, 0) is 0 Å². The molecule has 2 aromatic rings. The van der Waals surface area contributed by atoms with Gasteiger partial charge < -0.3 is 0 Å². The summed E-state index contributed by atoms with van der Waals surface area (Å²) < 4.78 is 1.34. The first-order valence-electron chi connectivity index (χ1n) is 5.87. The molecule has 0 aliphatic rings. The van der Waals surface area contributed by atoms with E-state index in [1.807, 2.05) is 23.6 Å². The van der Waals surface area contributed by atoms with Gasteiger partial charge in [-0.3, -0.25) is 0 Å². The third kappa shape index (κ3) is 2.95. The molecule has 0 aliphatic carbocycles. The topological polar surface area (TPSA) is 43.1 Å². The predicted molar refractivity (Wildman–Crippen MR) is 81.3 cm³/mol. The first-order valence-corrected chi connectivity index (χ1v) is 16.7. The van der Waals surface area contributed by atoms with Crippen LogP contribution in [0.4, 0.5) is 0 Å². The fourth-order valence-corrected chi connectivity index (χ4v) is 5.86. The molecule has 0 unspecified atom stereocenters. The Morgan fingerprint density at radius 1 is 1.22 bits per heavy atom. The molecule has 0 radical (unpaired) electrons.